The van der Waals surface area contributed by atoms with E-state index in [1.807, 2.05) is 0 Å². The fourth-order valence-electron chi connectivity index (χ4n) is 2.68. The number of rotatable bonds is 2. The molecule has 0 heterocycles. The van der Waals surface area contributed by atoms with E-state index in [4.69, 9.17) is 0 Å². The number of hydrogen-bond donors (Lipinski definition) is 1. The first-order valence-electron chi connectivity index (χ1n) is 6.98. The van der Waals surface area contributed by atoms with Crippen molar-refractivity contribution in [1.82, 2.24) is 0 Å². The zero-order valence-electron chi connectivity index (χ0n) is 11.7. The minimum absolute atomic E-state index is 0.147. The molecule has 3 unspecified atom stereocenters. The van der Waals surface area contributed by atoms with Crippen LogP contribution in [0.25, 0.3) is 0 Å². The Labute approximate surface area is 107 Å². The van der Waals surface area contributed by atoms with Gasteiger partial charge in [0.15, 0.2) is 0 Å². The van der Waals surface area contributed by atoms with Gasteiger partial charge in [0.25, 0.3) is 0 Å². The number of aliphatic hydroxyl groups excluding tert-OH is 1. The molecule has 17 heavy (non-hydrogen) atoms. The molecule has 1 N–H and O–H groups in total. The summed E-state index contributed by atoms with van der Waals surface area (Å²) < 4.78 is 0. The highest BCUT2D eigenvalue weighted by Gasteiger charge is 2.20. The fraction of sp³-hybridized carbons (Fsp3) is 0.750. The minimum Gasteiger partial charge on any atom is -0.392 e. The molecule has 0 aromatic heterocycles. The van der Waals surface area contributed by atoms with Crippen molar-refractivity contribution in [2.24, 2.45) is 17.8 Å². The van der Waals surface area contributed by atoms with E-state index in [1.54, 1.807) is 0 Å². The summed E-state index contributed by atoms with van der Waals surface area (Å²) in [7, 11) is 0. The van der Waals surface area contributed by atoms with Gasteiger partial charge in [-0.1, -0.05) is 32.1 Å². The molecular formula is C16H28O. The van der Waals surface area contributed by atoms with Gasteiger partial charge in [0.1, 0.15) is 0 Å². The van der Waals surface area contributed by atoms with Crippen LogP contribution in [0.3, 0.4) is 0 Å². The molecule has 1 aliphatic rings. The SMILES string of the molecule is C=C(CO)C1CC/C(C)=C/CCC(C)C(C)C1. The van der Waals surface area contributed by atoms with E-state index in [0.717, 1.165) is 30.3 Å². The van der Waals surface area contributed by atoms with Crippen LogP contribution in [-0.2, 0) is 0 Å². The van der Waals surface area contributed by atoms with Crippen LogP contribution >= 0.6 is 0 Å². The number of allylic oxidation sites excluding steroid dienone is 2. The van der Waals surface area contributed by atoms with Crippen molar-refractivity contribution < 1.29 is 5.11 Å². The van der Waals surface area contributed by atoms with Gasteiger partial charge in [-0.2, -0.15) is 0 Å². The van der Waals surface area contributed by atoms with Crippen molar-refractivity contribution in [3.05, 3.63) is 23.8 Å². The van der Waals surface area contributed by atoms with Crippen molar-refractivity contribution in [3.8, 4) is 0 Å². The van der Waals surface area contributed by atoms with Crippen molar-refractivity contribution in [3.63, 3.8) is 0 Å². The topological polar surface area (TPSA) is 20.2 Å². The molecule has 0 aromatic rings. The summed E-state index contributed by atoms with van der Waals surface area (Å²) in [5.74, 6) is 2.00. The zero-order chi connectivity index (χ0) is 12.8. The molecule has 0 aromatic carbocycles. The molecule has 0 aliphatic heterocycles. The van der Waals surface area contributed by atoms with Crippen LogP contribution < -0.4 is 0 Å². The first-order chi connectivity index (χ1) is 8.04. The molecule has 0 saturated carbocycles. The molecule has 0 fully saturated rings. The Kier molecular flexibility index (Phi) is 5.97. The van der Waals surface area contributed by atoms with Gasteiger partial charge in [-0.05, 0) is 62.4 Å². The molecule has 3 atom stereocenters. The van der Waals surface area contributed by atoms with Gasteiger partial charge >= 0.3 is 0 Å². The lowest BCUT2D eigenvalue weighted by Gasteiger charge is -2.27. The van der Waals surface area contributed by atoms with Gasteiger partial charge in [-0.25, -0.2) is 0 Å². The largest absolute Gasteiger partial charge is 0.392 e. The Morgan fingerprint density at radius 2 is 2.06 bits per heavy atom. The molecule has 1 aliphatic carbocycles. The van der Waals surface area contributed by atoms with Gasteiger partial charge in [0.2, 0.25) is 0 Å². The Hall–Kier alpha value is -0.560. The van der Waals surface area contributed by atoms with Gasteiger partial charge < -0.3 is 5.11 Å². The van der Waals surface area contributed by atoms with Crippen molar-refractivity contribution in [2.45, 2.75) is 52.9 Å². The van der Waals surface area contributed by atoms with Crippen LogP contribution in [0.15, 0.2) is 23.8 Å². The van der Waals surface area contributed by atoms with Crippen molar-refractivity contribution in [2.75, 3.05) is 6.61 Å². The van der Waals surface area contributed by atoms with E-state index < -0.39 is 0 Å². The van der Waals surface area contributed by atoms with E-state index in [9.17, 15) is 5.11 Å². The second-order valence-electron chi connectivity index (χ2n) is 5.87. The highest BCUT2D eigenvalue weighted by atomic mass is 16.3. The lowest BCUT2D eigenvalue weighted by atomic mass is 9.79. The maximum Gasteiger partial charge on any atom is 0.0641 e. The van der Waals surface area contributed by atoms with Crippen LogP contribution in [0.2, 0.25) is 0 Å². The van der Waals surface area contributed by atoms with Crippen LogP contribution in [0.4, 0.5) is 0 Å². The number of hydrogen-bond acceptors (Lipinski definition) is 1. The summed E-state index contributed by atoms with van der Waals surface area (Å²) in [5.41, 5.74) is 2.53. The van der Waals surface area contributed by atoms with Gasteiger partial charge in [0, 0.05) is 0 Å². The summed E-state index contributed by atoms with van der Waals surface area (Å²) in [6.07, 6.45) is 8.41. The monoisotopic (exact) mass is 236 g/mol. The van der Waals surface area contributed by atoms with Gasteiger partial charge in [0.05, 0.1) is 6.61 Å². The molecule has 0 spiro atoms. The predicted octanol–water partition coefficient (Wildman–Crippen LogP) is 4.33. The molecule has 1 heteroatoms. The minimum atomic E-state index is 0.147. The average molecular weight is 236 g/mol. The zero-order valence-corrected chi connectivity index (χ0v) is 11.7. The summed E-state index contributed by atoms with van der Waals surface area (Å²) in [5, 5.41) is 9.28. The Bertz CT molecular complexity index is 277. The molecule has 98 valence electrons. The first kappa shape index (κ1) is 14.5. The number of aliphatic hydroxyl groups is 1. The molecule has 0 saturated heterocycles. The molecule has 0 amide bonds. The van der Waals surface area contributed by atoms with Crippen LogP contribution in [0, 0.1) is 17.8 Å². The summed E-state index contributed by atoms with van der Waals surface area (Å²) in [4.78, 5) is 0. The Balaban J connectivity index is 2.73. The Morgan fingerprint density at radius 3 is 2.71 bits per heavy atom. The Morgan fingerprint density at radius 1 is 1.35 bits per heavy atom. The summed E-state index contributed by atoms with van der Waals surface area (Å²) in [6, 6.07) is 0. The molecule has 0 bridgehead atoms. The lowest BCUT2D eigenvalue weighted by molar-refractivity contribution is 0.267. The third-order valence-corrected chi connectivity index (χ3v) is 4.41. The van der Waals surface area contributed by atoms with E-state index in [1.165, 1.54) is 24.8 Å². The summed E-state index contributed by atoms with van der Waals surface area (Å²) in [6.45, 7) is 11.1. The lowest BCUT2D eigenvalue weighted by Crippen LogP contribution is -2.17. The molecule has 0 radical (unpaired) electrons. The van der Waals surface area contributed by atoms with Crippen molar-refractivity contribution in [1.29, 1.82) is 0 Å². The van der Waals surface area contributed by atoms with Crippen LogP contribution in [0.5, 0.6) is 0 Å². The molecule has 1 rings (SSSR count). The maximum atomic E-state index is 9.28. The highest BCUT2D eigenvalue weighted by Crippen LogP contribution is 2.32. The quantitative estimate of drug-likeness (QED) is 0.707. The van der Waals surface area contributed by atoms with Crippen LogP contribution in [-0.4, -0.2) is 11.7 Å². The normalized spacial score (nSPS) is 34.8. The van der Waals surface area contributed by atoms with Gasteiger partial charge in [-0.15, -0.1) is 0 Å². The van der Waals surface area contributed by atoms with Crippen LogP contribution in [0.1, 0.15) is 52.9 Å². The smallest absolute Gasteiger partial charge is 0.0641 e. The second kappa shape index (κ2) is 7.00. The van der Waals surface area contributed by atoms with Gasteiger partial charge in [-0.3, -0.25) is 0 Å². The standard InChI is InChI=1S/C16H28O/c1-12-6-5-7-13(2)14(3)10-16(9-8-12)15(4)11-17/h6,13-14,16-17H,4-5,7-11H2,1-3H3/b12-6+. The van der Waals surface area contributed by atoms with E-state index in [-0.39, 0.29) is 6.61 Å². The van der Waals surface area contributed by atoms with E-state index in [2.05, 4.69) is 33.4 Å². The predicted molar refractivity (Wildman–Crippen MR) is 74.9 cm³/mol. The molecule has 1 nitrogen and oxygen atoms in total. The highest BCUT2D eigenvalue weighted by molar-refractivity contribution is 5.05. The third kappa shape index (κ3) is 4.67. The fourth-order valence-corrected chi connectivity index (χ4v) is 2.68. The average Bonchev–Trinajstić information content (AvgIpc) is 2.32. The molecular weight excluding hydrogens is 208 g/mol. The van der Waals surface area contributed by atoms with E-state index >= 15 is 0 Å². The first-order valence-corrected chi connectivity index (χ1v) is 6.98. The third-order valence-electron chi connectivity index (χ3n) is 4.41. The second-order valence-corrected chi connectivity index (χ2v) is 5.87. The summed E-state index contributed by atoms with van der Waals surface area (Å²) >= 11 is 0. The maximum absolute atomic E-state index is 9.28. The van der Waals surface area contributed by atoms with Crippen molar-refractivity contribution >= 4 is 0 Å². The van der Waals surface area contributed by atoms with E-state index in [0.29, 0.717) is 5.92 Å².